The highest BCUT2D eigenvalue weighted by Crippen LogP contribution is 2.65. The first-order valence-corrected chi connectivity index (χ1v) is 9.39. The second kappa shape index (κ2) is 6.04. The van der Waals surface area contributed by atoms with Gasteiger partial charge in [-0.05, 0) is 61.1 Å². The number of benzene rings is 1. The molecule has 1 aromatic heterocycles. The standard InChI is InChI=1S/C21H19F3N2O2/c1-10-7-11(5-6-25-10)16-17(19-15-9-14(15)18(16)28-19)20(27)26-13-4-2-3-12(8-13)21(22,23)24/h2-8,14-19H,9H2,1H3,(H,26,27)/t14-,15+,16+,17-,18-,19+/m0/s1. The van der Waals surface area contributed by atoms with Gasteiger partial charge in [-0.15, -0.1) is 0 Å². The lowest BCUT2D eigenvalue weighted by molar-refractivity contribution is -0.137. The molecule has 0 unspecified atom stereocenters. The maximum atomic E-state index is 13.1. The smallest absolute Gasteiger partial charge is 0.373 e. The molecule has 5 rings (SSSR count). The molecule has 7 heteroatoms. The number of amides is 1. The zero-order valence-electron chi connectivity index (χ0n) is 15.1. The first-order chi connectivity index (χ1) is 13.3. The van der Waals surface area contributed by atoms with E-state index in [4.69, 9.17) is 4.74 Å². The lowest BCUT2D eigenvalue weighted by atomic mass is 9.75. The Balaban J connectivity index is 1.43. The minimum Gasteiger partial charge on any atom is -0.373 e. The number of alkyl halides is 3. The van der Waals surface area contributed by atoms with Crippen LogP contribution in [0.25, 0.3) is 0 Å². The molecule has 6 atom stereocenters. The molecule has 3 heterocycles. The van der Waals surface area contributed by atoms with Crippen molar-refractivity contribution in [3.8, 4) is 0 Å². The molecule has 2 aliphatic heterocycles. The molecule has 1 amide bonds. The van der Waals surface area contributed by atoms with Crippen LogP contribution in [-0.2, 0) is 15.7 Å². The SMILES string of the molecule is Cc1cc([C@H]2[C@H]3O[C@H]([C@@H]4C[C@@H]43)[C@H]2C(=O)Nc2cccc(C(F)(F)F)c2)ccn1. The summed E-state index contributed by atoms with van der Waals surface area (Å²) in [6, 6.07) is 8.62. The van der Waals surface area contributed by atoms with Gasteiger partial charge in [0, 0.05) is 23.5 Å². The summed E-state index contributed by atoms with van der Waals surface area (Å²) in [4.78, 5) is 17.3. The number of ether oxygens (including phenoxy) is 1. The van der Waals surface area contributed by atoms with Crippen LogP contribution in [0, 0.1) is 24.7 Å². The van der Waals surface area contributed by atoms with E-state index in [0.29, 0.717) is 11.8 Å². The van der Waals surface area contributed by atoms with E-state index < -0.39 is 17.7 Å². The Kier molecular flexibility index (Phi) is 3.81. The van der Waals surface area contributed by atoms with E-state index >= 15 is 0 Å². The Morgan fingerprint density at radius 3 is 2.71 bits per heavy atom. The van der Waals surface area contributed by atoms with Gasteiger partial charge in [0.05, 0.1) is 23.7 Å². The van der Waals surface area contributed by atoms with E-state index in [9.17, 15) is 18.0 Å². The van der Waals surface area contributed by atoms with E-state index in [1.165, 1.54) is 12.1 Å². The van der Waals surface area contributed by atoms with Crippen LogP contribution in [0.1, 0.15) is 29.2 Å². The Morgan fingerprint density at radius 2 is 1.96 bits per heavy atom. The Bertz CT molecular complexity index is 945. The number of anilines is 1. The van der Waals surface area contributed by atoms with Crippen LogP contribution in [-0.4, -0.2) is 23.1 Å². The number of aryl methyl sites for hydroxylation is 1. The third kappa shape index (κ3) is 2.80. The van der Waals surface area contributed by atoms with Gasteiger partial charge in [-0.25, -0.2) is 0 Å². The first kappa shape index (κ1) is 17.7. The molecule has 0 radical (unpaired) electrons. The van der Waals surface area contributed by atoms with E-state index in [2.05, 4.69) is 10.3 Å². The van der Waals surface area contributed by atoms with Gasteiger partial charge in [0.2, 0.25) is 5.91 Å². The molecule has 2 saturated heterocycles. The molecule has 4 nitrogen and oxygen atoms in total. The Hall–Kier alpha value is -2.41. The van der Waals surface area contributed by atoms with Gasteiger partial charge in [0.1, 0.15) is 0 Å². The average molecular weight is 388 g/mol. The fourth-order valence-corrected chi connectivity index (χ4v) is 4.97. The summed E-state index contributed by atoms with van der Waals surface area (Å²) in [5, 5.41) is 2.70. The molecule has 1 aliphatic carbocycles. The molecule has 1 N–H and O–H groups in total. The molecular formula is C21H19F3N2O2. The predicted molar refractivity (Wildman–Crippen MR) is 95.5 cm³/mol. The van der Waals surface area contributed by atoms with E-state index in [0.717, 1.165) is 29.8 Å². The summed E-state index contributed by atoms with van der Waals surface area (Å²) in [5.74, 6) is 0.0884. The minimum absolute atomic E-state index is 0.00550. The molecule has 2 bridgehead atoms. The van der Waals surface area contributed by atoms with Gasteiger partial charge < -0.3 is 10.1 Å². The number of halogens is 3. The van der Waals surface area contributed by atoms with Crippen LogP contribution >= 0.6 is 0 Å². The maximum absolute atomic E-state index is 13.1. The van der Waals surface area contributed by atoms with Gasteiger partial charge in [0.15, 0.2) is 0 Å². The zero-order valence-corrected chi connectivity index (χ0v) is 15.1. The quantitative estimate of drug-likeness (QED) is 0.859. The molecule has 3 fully saturated rings. The van der Waals surface area contributed by atoms with Crippen LogP contribution < -0.4 is 5.32 Å². The summed E-state index contributed by atoms with van der Waals surface area (Å²) in [6.45, 7) is 1.90. The lowest BCUT2D eigenvalue weighted by Crippen LogP contribution is -2.37. The molecule has 3 aliphatic rings. The van der Waals surface area contributed by atoms with Gasteiger partial charge >= 0.3 is 6.18 Å². The highest BCUT2D eigenvalue weighted by molar-refractivity contribution is 5.94. The molecule has 1 saturated carbocycles. The van der Waals surface area contributed by atoms with Crippen molar-refractivity contribution in [2.75, 3.05) is 5.32 Å². The minimum atomic E-state index is -4.45. The van der Waals surface area contributed by atoms with Crippen molar-refractivity contribution in [2.45, 2.75) is 37.6 Å². The van der Waals surface area contributed by atoms with Crippen LogP contribution in [0.3, 0.4) is 0 Å². The number of carbonyl (C=O) groups is 1. The number of nitrogens with one attached hydrogen (secondary N) is 1. The summed E-state index contributed by atoms with van der Waals surface area (Å²) >= 11 is 0. The van der Waals surface area contributed by atoms with Crippen molar-refractivity contribution in [1.29, 1.82) is 0 Å². The van der Waals surface area contributed by atoms with E-state index in [1.807, 2.05) is 19.1 Å². The summed E-state index contributed by atoms with van der Waals surface area (Å²) in [6.07, 6.45) is -1.84. The maximum Gasteiger partial charge on any atom is 0.416 e. The van der Waals surface area contributed by atoms with Crippen molar-refractivity contribution in [3.63, 3.8) is 0 Å². The third-order valence-corrected chi connectivity index (χ3v) is 6.21. The summed E-state index contributed by atoms with van der Waals surface area (Å²) in [5.41, 5.74) is 1.25. The van der Waals surface area contributed by atoms with Crippen molar-refractivity contribution in [2.24, 2.45) is 17.8 Å². The predicted octanol–water partition coefficient (Wildman–Crippen LogP) is 4.16. The number of fused-ring (bicyclic) bond motifs is 5. The van der Waals surface area contributed by atoms with E-state index in [1.54, 1.807) is 6.20 Å². The fraction of sp³-hybridized carbons (Fsp3) is 0.429. The number of aromatic nitrogens is 1. The second-order valence-corrected chi connectivity index (χ2v) is 7.98. The topological polar surface area (TPSA) is 51.2 Å². The van der Waals surface area contributed by atoms with Gasteiger partial charge in [-0.3, -0.25) is 9.78 Å². The van der Waals surface area contributed by atoms with E-state index in [-0.39, 0.29) is 29.7 Å². The molecule has 1 aromatic carbocycles. The molecule has 0 spiro atoms. The number of rotatable bonds is 3. The number of hydrogen-bond donors (Lipinski definition) is 1. The van der Waals surface area contributed by atoms with Crippen molar-refractivity contribution in [1.82, 2.24) is 4.98 Å². The van der Waals surface area contributed by atoms with Crippen molar-refractivity contribution >= 4 is 11.6 Å². The molecule has 28 heavy (non-hydrogen) atoms. The summed E-state index contributed by atoms with van der Waals surface area (Å²) < 4.78 is 45.0. The average Bonchev–Trinajstić information content (AvgIpc) is 3.25. The van der Waals surface area contributed by atoms with Gasteiger partial charge in [0.25, 0.3) is 0 Å². The van der Waals surface area contributed by atoms with Gasteiger partial charge in [-0.2, -0.15) is 13.2 Å². The van der Waals surface area contributed by atoms with Crippen LogP contribution in [0.15, 0.2) is 42.6 Å². The fourth-order valence-electron chi connectivity index (χ4n) is 4.97. The first-order valence-electron chi connectivity index (χ1n) is 9.39. The molecule has 2 aromatic rings. The van der Waals surface area contributed by atoms with Crippen LogP contribution in [0.2, 0.25) is 0 Å². The number of hydrogen-bond acceptors (Lipinski definition) is 3. The highest BCUT2D eigenvalue weighted by Gasteiger charge is 2.68. The number of carbonyl (C=O) groups excluding carboxylic acids is 1. The normalized spacial score (nSPS) is 32.9. The Morgan fingerprint density at radius 1 is 1.18 bits per heavy atom. The van der Waals surface area contributed by atoms with Crippen molar-refractivity contribution in [3.05, 3.63) is 59.4 Å². The number of pyridine rings is 1. The molecule has 146 valence electrons. The Labute approximate surface area is 160 Å². The summed E-state index contributed by atoms with van der Waals surface area (Å²) in [7, 11) is 0. The monoisotopic (exact) mass is 388 g/mol. The number of nitrogens with zero attached hydrogens (tertiary/aromatic N) is 1. The van der Waals surface area contributed by atoms with Crippen LogP contribution in [0.5, 0.6) is 0 Å². The van der Waals surface area contributed by atoms with Gasteiger partial charge in [-0.1, -0.05) is 6.07 Å². The van der Waals surface area contributed by atoms with Crippen molar-refractivity contribution < 1.29 is 22.7 Å². The molecular weight excluding hydrogens is 369 g/mol. The van der Waals surface area contributed by atoms with Crippen LogP contribution in [0.4, 0.5) is 18.9 Å². The highest BCUT2D eigenvalue weighted by atomic mass is 19.4. The lowest BCUT2D eigenvalue weighted by Gasteiger charge is -2.27. The second-order valence-electron chi connectivity index (χ2n) is 7.98. The zero-order chi connectivity index (χ0) is 19.6. The largest absolute Gasteiger partial charge is 0.416 e. The third-order valence-electron chi connectivity index (χ3n) is 6.21.